The molecule has 19 heavy (non-hydrogen) atoms. The average Bonchev–Trinajstić information content (AvgIpc) is 2.39. The Morgan fingerprint density at radius 2 is 2.00 bits per heavy atom. The summed E-state index contributed by atoms with van der Waals surface area (Å²) in [4.78, 5) is 25.0. The zero-order valence-corrected chi connectivity index (χ0v) is 11.2. The number of amides is 2. The predicted octanol–water partition coefficient (Wildman–Crippen LogP) is 2.14. The first kappa shape index (κ1) is 13.5. The number of ether oxygens (including phenoxy) is 1. The van der Waals surface area contributed by atoms with Crippen molar-refractivity contribution < 1.29 is 14.3 Å². The van der Waals surface area contributed by atoms with Gasteiger partial charge in [-0.2, -0.15) is 0 Å². The van der Waals surface area contributed by atoms with Crippen LogP contribution in [0.15, 0.2) is 24.3 Å². The van der Waals surface area contributed by atoms with Crippen LogP contribution in [0, 0.1) is 0 Å². The van der Waals surface area contributed by atoms with E-state index in [2.05, 4.69) is 5.32 Å². The molecule has 2 amide bonds. The van der Waals surface area contributed by atoms with Crippen LogP contribution >= 0.6 is 0 Å². The lowest BCUT2D eigenvalue weighted by molar-refractivity contribution is 0.0222. The van der Waals surface area contributed by atoms with Crippen molar-refractivity contribution in [2.45, 2.75) is 19.9 Å². The van der Waals surface area contributed by atoms with Gasteiger partial charge in [-0.3, -0.25) is 4.79 Å². The molecule has 1 aromatic carbocycles. The SMILES string of the molecule is CC(=O)c1ccc(NC(=O)N2CCOC[C@H]2C)cc1. The number of carbonyl (C=O) groups excluding carboxylic acids is 2. The lowest BCUT2D eigenvalue weighted by Crippen LogP contribution is -2.48. The molecule has 0 aromatic heterocycles. The standard InChI is InChI=1S/C14H18N2O3/c1-10-9-19-8-7-16(10)14(18)15-13-5-3-12(4-6-13)11(2)17/h3-6,10H,7-9H2,1-2H3,(H,15,18)/t10-/m1/s1. The monoisotopic (exact) mass is 262 g/mol. The first-order valence-corrected chi connectivity index (χ1v) is 6.34. The minimum absolute atomic E-state index is 0.0136. The molecule has 1 fully saturated rings. The molecule has 1 heterocycles. The highest BCUT2D eigenvalue weighted by Crippen LogP contribution is 2.13. The van der Waals surface area contributed by atoms with Gasteiger partial charge in [0.25, 0.3) is 0 Å². The molecule has 5 heteroatoms. The molecular formula is C14H18N2O3. The number of hydrogen-bond acceptors (Lipinski definition) is 3. The van der Waals surface area contributed by atoms with E-state index in [0.717, 1.165) is 0 Å². The highest BCUT2D eigenvalue weighted by atomic mass is 16.5. The number of anilines is 1. The number of ketones is 1. The fourth-order valence-electron chi connectivity index (χ4n) is 2.01. The molecular weight excluding hydrogens is 244 g/mol. The molecule has 2 rings (SSSR count). The van der Waals surface area contributed by atoms with Crippen LogP contribution in [0.1, 0.15) is 24.2 Å². The topological polar surface area (TPSA) is 58.6 Å². The van der Waals surface area contributed by atoms with Gasteiger partial charge in [-0.05, 0) is 38.1 Å². The molecule has 1 aliphatic rings. The van der Waals surface area contributed by atoms with Gasteiger partial charge in [0, 0.05) is 17.8 Å². The van der Waals surface area contributed by atoms with Crippen molar-refractivity contribution in [1.82, 2.24) is 4.90 Å². The van der Waals surface area contributed by atoms with Crippen molar-refractivity contribution in [3.8, 4) is 0 Å². The maximum atomic E-state index is 12.1. The largest absolute Gasteiger partial charge is 0.377 e. The van der Waals surface area contributed by atoms with E-state index < -0.39 is 0 Å². The van der Waals surface area contributed by atoms with Crippen LogP contribution in [0.5, 0.6) is 0 Å². The third kappa shape index (κ3) is 3.32. The summed E-state index contributed by atoms with van der Waals surface area (Å²) in [5.74, 6) is 0.0136. The second kappa shape index (κ2) is 5.84. The third-order valence-corrected chi connectivity index (χ3v) is 3.17. The maximum absolute atomic E-state index is 12.1. The lowest BCUT2D eigenvalue weighted by atomic mass is 10.1. The Labute approximate surface area is 112 Å². The van der Waals surface area contributed by atoms with Crippen molar-refractivity contribution in [3.05, 3.63) is 29.8 Å². The Kier molecular flexibility index (Phi) is 4.16. The number of urea groups is 1. The Bertz CT molecular complexity index is 470. The van der Waals surface area contributed by atoms with Crippen LogP contribution in [0.2, 0.25) is 0 Å². The molecule has 102 valence electrons. The summed E-state index contributed by atoms with van der Waals surface area (Å²) in [6.45, 7) is 5.21. The fraction of sp³-hybridized carbons (Fsp3) is 0.429. The number of nitrogens with zero attached hydrogens (tertiary/aromatic N) is 1. The van der Waals surface area contributed by atoms with Crippen molar-refractivity contribution in [2.75, 3.05) is 25.1 Å². The molecule has 0 bridgehead atoms. The molecule has 0 saturated carbocycles. The molecule has 1 atom stereocenters. The summed E-state index contributed by atoms with van der Waals surface area (Å²) in [5, 5.41) is 2.83. The van der Waals surface area contributed by atoms with Crippen molar-refractivity contribution in [2.24, 2.45) is 0 Å². The Morgan fingerprint density at radius 1 is 1.32 bits per heavy atom. The maximum Gasteiger partial charge on any atom is 0.322 e. The van der Waals surface area contributed by atoms with E-state index in [9.17, 15) is 9.59 Å². The van der Waals surface area contributed by atoms with Crippen LogP contribution in [0.25, 0.3) is 0 Å². The summed E-state index contributed by atoms with van der Waals surface area (Å²) in [6, 6.07) is 6.83. The Hall–Kier alpha value is -1.88. The van der Waals surface area contributed by atoms with Gasteiger partial charge in [0.15, 0.2) is 5.78 Å². The van der Waals surface area contributed by atoms with Gasteiger partial charge in [0.1, 0.15) is 0 Å². The third-order valence-electron chi connectivity index (χ3n) is 3.17. The molecule has 0 radical (unpaired) electrons. The minimum Gasteiger partial charge on any atom is -0.377 e. The van der Waals surface area contributed by atoms with E-state index in [-0.39, 0.29) is 17.9 Å². The van der Waals surface area contributed by atoms with Crippen molar-refractivity contribution in [3.63, 3.8) is 0 Å². The summed E-state index contributed by atoms with van der Waals surface area (Å²) >= 11 is 0. The zero-order chi connectivity index (χ0) is 13.8. The van der Waals surface area contributed by atoms with E-state index in [4.69, 9.17) is 4.74 Å². The number of carbonyl (C=O) groups is 2. The Morgan fingerprint density at radius 3 is 2.58 bits per heavy atom. The molecule has 5 nitrogen and oxygen atoms in total. The van der Waals surface area contributed by atoms with Gasteiger partial charge in [0.05, 0.1) is 19.3 Å². The van der Waals surface area contributed by atoms with Gasteiger partial charge < -0.3 is 15.0 Å². The first-order chi connectivity index (χ1) is 9.08. The van der Waals surface area contributed by atoms with Crippen molar-refractivity contribution in [1.29, 1.82) is 0 Å². The second-order valence-electron chi connectivity index (χ2n) is 4.68. The summed E-state index contributed by atoms with van der Waals surface area (Å²) in [6.07, 6.45) is 0. The number of benzene rings is 1. The average molecular weight is 262 g/mol. The highest BCUT2D eigenvalue weighted by Gasteiger charge is 2.23. The summed E-state index contributed by atoms with van der Waals surface area (Å²) in [7, 11) is 0. The van der Waals surface area contributed by atoms with Crippen LogP contribution in [0.3, 0.4) is 0 Å². The van der Waals surface area contributed by atoms with E-state index in [0.29, 0.717) is 31.0 Å². The number of rotatable bonds is 2. The van der Waals surface area contributed by atoms with E-state index in [1.807, 2.05) is 6.92 Å². The number of hydrogen-bond donors (Lipinski definition) is 1. The van der Waals surface area contributed by atoms with Crippen LogP contribution in [0.4, 0.5) is 10.5 Å². The lowest BCUT2D eigenvalue weighted by Gasteiger charge is -2.33. The summed E-state index contributed by atoms with van der Waals surface area (Å²) in [5.41, 5.74) is 1.33. The van der Waals surface area contributed by atoms with E-state index >= 15 is 0 Å². The van der Waals surface area contributed by atoms with Crippen LogP contribution in [-0.4, -0.2) is 42.5 Å². The van der Waals surface area contributed by atoms with Gasteiger partial charge in [0.2, 0.25) is 0 Å². The zero-order valence-electron chi connectivity index (χ0n) is 11.2. The molecule has 0 spiro atoms. The second-order valence-corrected chi connectivity index (χ2v) is 4.68. The number of morpholine rings is 1. The van der Waals surface area contributed by atoms with Gasteiger partial charge >= 0.3 is 6.03 Å². The highest BCUT2D eigenvalue weighted by molar-refractivity contribution is 5.95. The predicted molar refractivity (Wildman–Crippen MR) is 72.5 cm³/mol. The smallest absolute Gasteiger partial charge is 0.322 e. The number of Topliss-reactive ketones (excluding diaryl/α,β-unsaturated/α-hetero) is 1. The van der Waals surface area contributed by atoms with Crippen LogP contribution < -0.4 is 5.32 Å². The van der Waals surface area contributed by atoms with Crippen molar-refractivity contribution >= 4 is 17.5 Å². The molecule has 1 saturated heterocycles. The fourth-order valence-corrected chi connectivity index (χ4v) is 2.01. The molecule has 1 N–H and O–H groups in total. The quantitative estimate of drug-likeness (QED) is 0.831. The van der Waals surface area contributed by atoms with E-state index in [1.54, 1.807) is 29.2 Å². The molecule has 0 unspecified atom stereocenters. The van der Waals surface area contributed by atoms with Crippen LogP contribution in [-0.2, 0) is 4.74 Å². The first-order valence-electron chi connectivity index (χ1n) is 6.34. The molecule has 1 aromatic rings. The molecule has 0 aliphatic carbocycles. The normalized spacial score (nSPS) is 19.1. The minimum atomic E-state index is -0.133. The number of nitrogens with one attached hydrogen (secondary N) is 1. The Balaban J connectivity index is 2.00. The van der Waals surface area contributed by atoms with Gasteiger partial charge in [-0.15, -0.1) is 0 Å². The van der Waals surface area contributed by atoms with Gasteiger partial charge in [-0.25, -0.2) is 4.79 Å². The summed E-state index contributed by atoms with van der Waals surface area (Å²) < 4.78 is 5.30. The van der Waals surface area contributed by atoms with Gasteiger partial charge in [-0.1, -0.05) is 0 Å². The van der Waals surface area contributed by atoms with E-state index in [1.165, 1.54) is 6.92 Å². The molecule has 1 aliphatic heterocycles.